The lowest BCUT2D eigenvalue weighted by molar-refractivity contribution is -0.144. The molecule has 5 rings (SSSR count). The van der Waals surface area contributed by atoms with Crippen molar-refractivity contribution in [3.8, 4) is 0 Å². The number of carbonyl (C=O) groups excluding carboxylic acids is 1. The van der Waals surface area contributed by atoms with Gasteiger partial charge in [-0.3, -0.25) is 4.79 Å². The smallest absolute Gasteiger partial charge is 0.315 e. The molecule has 160 valence electrons. The fourth-order valence-corrected chi connectivity index (χ4v) is 6.70. The van der Waals surface area contributed by atoms with E-state index in [0.717, 1.165) is 33.0 Å². The van der Waals surface area contributed by atoms with Crippen LogP contribution in [0.5, 0.6) is 0 Å². The minimum atomic E-state index is -1.35. The van der Waals surface area contributed by atoms with Crippen LogP contribution in [0.25, 0.3) is 10.9 Å². The van der Waals surface area contributed by atoms with Crippen LogP contribution in [0.4, 0.5) is 0 Å². The predicted molar refractivity (Wildman–Crippen MR) is 122 cm³/mol. The molecular formula is C25H26N2O3S. The molecule has 2 bridgehead atoms. The first-order valence-corrected chi connectivity index (χ1v) is 11.6. The van der Waals surface area contributed by atoms with Gasteiger partial charge in [-0.2, -0.15) is 0 Å². The minimum Gasteiger partial charge on any atom is -0.468 e. The summed E-state index contributed by atoms with van der Waals surface area (Å²) in [5, 5.41) is 1.17. The molecule has 31 heavy (non-hydrogen) atoms. The van der Waals surface area contributed by atoms with Gasteiger partial charge >= 0.3 is 5.97 Å². The highest BCUT2D eigenvalue weighted by Crippen LogP contribution is 2.53. The topological polar surface area (TPSA) is 51.5 Å². The molecule has 1 aliphatic heterocycles. The maximum absolute atomic E-state index is 13.6. The first kappa shape index (κ1) is 20.1. The van der Waals surface area contributed by atoms with Crippen molar-refractivity contribution in [2.45, 2.75) is 30.2 Å². The lowest BCUT2D eigenvalue weighted by Gasteiger charge is -2.44. The number of methoxy groups -OCH3 is 1. The van der Waals surface area contributed by atoms with E-state index in [4.69, 9.17) is 4.74 Å². The second-order valence-corrected chi connectivity index (χ2v) is 9.99. The summed E-state index contributed by atoms with van der Waals surface area (Å²) in [5.74, 6) is -0.929. The Hall–Kier alpha value is -2.86. The van der Waals surface area contributed by atoms with Crippen molar-refractivity contribution in [3.05, 3.63) is 76.5 Å². The van der Waals surface area contributed by atoms with Gasteiger partial charge in [0.2, 0.25) is 0 Å². The summed E-state index contributed by atoms with van der Waals surface area (Å²) in [5.41, 5.74) is 4.39. The zero-order valence-electron chi connectivity index (χ0n) is 18.2. The quantitative estimate of drug-likeness (QED) is 0.574. The molecule has 0 fully saturated rings. The number of esters is 1. The Bertz CT molecular complexity index is 1240. The number of hydrogen-bond acceptors (Lipinski definition) is 4. The van der Waals surface area contributed by atoms with E-state index in [1.165, 1.54) is 18.1 Å². The molecule has 0 amide bonds. The molecule has 2 unspecified atom stereocenters. The monoisotopic (exact) mass is 434 g/mol. The van der Waals surface area contributed by atoms with Crippen molar-refractivity contribution >= 4 is 27.7 Å². The maximum Gasteiger partial charge on any atom is 0.315 e. The van der Waals surface area contributed by atoms with E-state index in [-0.39, 0.29) is 17.9 Å². The molecule has 0 saturated carbocycles. The number of fused-ring (bicyclic) bond motifs is 6. The molecule has 6 heteroatoms. The molecular weight excluding hydrogens is 408 g/mol. The van der Waals surface area contributed by atoms with Crippen LogP contribution in [-0.2, 0) is 27.4 Å². The third kappa shape index (κ3) is 2.96. The van der Waals surface area contributed by atoms with E-state index in [9.17, 15) is 9.00 Å². The van der Waals surface area contributed by atoms with E-state index < -0.39 is 16.7 Å². The number of allylic oxidation sites excluding steroid dienone is 1. The molecule has 2 heterocycles. The van der Waals surface area contributed by atoms with Crippen LogP contribution in [0, 0.1) is 12.8 Å². The van der Waals surface area contributed by atoms with Crippen LogP contribution < -0.4 is 0 Å². The van der Waals surface area contributed by atoms with Crippen molar-refractivity contribution in [3.63, 3.8) is 0 Å². The highest BCUT2D eigenvalue weighted by Gasteiger charge is 2.48. The summed E-state index contributed by atoms with van der Waals surface area (Å²) >= 11 is 0. The summed E-state index contributed by atoms with van der Waals surface area (Å²) in [6.45, 7) is 2.01. The Kier molecular flexibility index (Phi) is 4.77. The third-order valence-electron chi connectivity index (χ3n) is 6.79. The molecule has 2 aromatic carbocycles. The Morgan fingerprint density at radius 3 is 2.52 bits per heavy atom. The molecule has 0 N–H and O–H groups in total. The van der Waals surface area contributed by atoms with E-state index in [1.54, 1.807) is 0 Å². The van der Waals surface area contributed by atoms with Crippen molar-refractivity contribution in [1.29, 1.82) is 0 Å². The normalized spacial score (nSPS) is 23.3. The van der Waals surface area contributed by atoms with E-state index in [0.29, 0.717) is 0 Å². The summed E-state index contributed by atoms with van der Waals surface area (Å²) in [7, 11) is 4.14. The van der Waals surface area contributed by atoms with Crippen LogP contribution in [0.2, 0.25) is 0 Å². The number of aromatic nitrogens is 1. The largest absolute Gasteiger partial charge is 0.468 e. The van der Waals surface area contributed by atoms with Gasteiger partial charge in [0.05, 0.1) is 24.0 Å². The molecule has 5 nitrogen and oxygen atoms in total. The van der Waals surface area contributed by atoms with Gasteiger partial charge in [0.25, 0.3) is 0 Å². The van der Waals surface area contributed by atoms with Crippen LogP contribution in [-0.4, -0.2) is 33.8 Å². The number of hydrogen-bond donors (Lipinski definition) is 0. The van der Waals surface area contributed by atoms with Crippen molar-refractivity contribution < 1.29 is 13.7 Å². The van der Waals surface area contributed by atoms with E-state index in [2.05, 4.69) is 21.6 Å². The number of benzene rings is 2. The number of para-hydroxylation sites is 1. The number of nitrogens with zero attached hydrogens (tertiary/aromatic N) is 2. The fraction of sp³-hybridized carbons (Fsp3) is 0.320. The average molecular weight is 435 g/mol. The zero-order valence-corrected chi connectivity index (χ0v) is 19.0. The number of aryl methyl sites for hydroxylation is 2. The van der Waals surface area contributed by atoms with Crippen LogP contribution in [0.15, 0.2) is 64.5 Å². The van der Waals surface area contributed by atoms with Crippen molar-refractivity contribution in [2.24, 2.45) is 13.0 Å². The lowest BCUT2D eigenvalue weighted by atomic mass is 9.73. The summed E-state index contributed by atoms with van der Waals surface area (Å²) in [4.78, 5) is 16.8. The predicted octanol–water partition coefficient (Wildman–Crippen LogP) is 4.40. The Morgan fingerprint density at radius 1 is 1.10 bits per heavy atom. The Morgan fingerprint density at radius 2 is 1.81 bits per heavy atom. The molecule has 0 spiro atoms. The molecule has 3 aromatic rings. The van der Waals surface area contributed by atoms with Gasteiger partial charge in [-0.1, -0.05) is 35.9 Å². The van der Waals surface area contributed by atoms with Crippen LogP contribution in [0.1, 0.15) is 35.2 Å². The second-order valence-electron chi connectivity index (χ2n) is 8.51. The summed E-state index contributed by atoms with van der Waals surface area (Å²) in [6.07, 6.45) is 2.73. The first-order chi connectivity index (χ1) is 14.9. The summed E-state index contributed by atoms with van der Waals surface area (Å²) < 4.78 is 21.0. The van der Waals surface area contributed by atoms with Gasteiger partial charge in [0, 0.05) is 58.2 Å². The van der Waals surface area contributed by atoms with Gasteiger partial charge in [-0.25, -0.2) is 4.21 Å². The van der Waals surface area contributed by atoms with Crippen LogP contribution in [0.3, 0.4) is 0 Å². The van der Waals surface area contributed by atoms with Gasteiger partial charge in [-0.05, 0) is 31.5 Å². The Labute approximate surface area is 184 Å². The maximum atomic E-state index is 13.6. The van der Waals surface area contributed by atoms with Crippen molar-refractivity contribution in [2.75, 3.05) is 14.2 Å². The SMILES string of the molecule is COC(=O)C1c2c(c3ccccc3n2C)[C@H]2C[C@@H]1C(S(=O)c1ccc(C)cc1)=CN2C. The summed E-state index contributed by atoms with van der Waals surface area (Å²) in [6, 6.07) is 16.2. The van der Waals surface area contributed by atoms with Gasteiger partial charge in [-0.15, -0.1) is 0 Å². The average Bonchev–Trinajstić information content (AvgIpc) is 3.08. The minimum absolute atomic E-state index is 0.130. The lowest BCUT2D eigenvalue weighted by Crippen LogP contribution is -2.40. The highest BCUT2D eigenvalue weighted by atomic mass is 32.2. The number of carbonyl (C=O) groups is 1. The van der Waals surface area contributed by atoms with Gasteiger partial charge in [0.1, 0.15) is 5.92 Å². The van der Waals surface area contributed by atoms with Crippen LogP contribution >= 0.6 is 0 Å². The molecule has 0 saturated heterocycles. The third-order valence-corrected chi connectivity index (χ3v) is 8.33. The molecule has 0 radical (unpaired) electrons. The van der Waals surface area contributed by atoms with Gasteiger partial charge in [0.15, 0.2) is 0 Å². The molecule has 1 aromatic heterocycles. The van der Waals surface area contributed by atoms with E-state index in [1.807, 2.05) is 63.6 Å². The second kappa shape index (κ2) is 7.38. The number of rotatable bonds is 3. The molecule has 1 aliphatic carbocycles. The fourth-order valence-electron chi connectivity index (χ4n) is 5.28. The number of ether oxygens (including phenoxy) is 1. The zero-order chi connectivity index (χ0) is 21.9. The van der Waals surface area contributed by atoms with Crippen molar-refractivity contribution in [1.82, 2.24) is 9.47 Å². The van der Waals surface area contributed by atoms with Gasteiger partial charge < -0.3 is 14.2 Å². The first-order valence-electron chi connectivity index (χ1n) is 10.5. The standard InChI is InChI=1S/C25H26N2O3S/c1-15-9-11-16(12-10-15)31(29)21-14-26(2)20-13-18(21)23(25(28)30-4)24-22(20)17-7-5-6-8-19(17)27(24)3/h5-12,14,18,20,23H,13H2,1-4H3/t18-,20-,23?,31?/m1/s1. The molecule has 2 aliphatic rings. The van der Waals surface area contributed by atoms with E-state index >= 15 is 0 Å². The Balaban J connectivity index is 1.70. The highest BCUT2D eigenvalue weighted by molar-refractivity contribution is 7.89. The molecule has 4 atom stereocenters.